The van der Waals surface area contributed by atoms with Gasteiger partial charge in [0.05, 0.1) is 5.41 Å². The lowest BCUT2D eigenvalue weighted by atomic mass is 9.73. The van der Waals surface area contributed by atoms with Crippen LogP contribution in [0.5, 0.6) is 0 Å². The van der Waals surface area contributed by atoms with Crippen LogP contribution < -0.4 is 0 Å². The summed E-state index contributed by atoms with van der Waals surface area (Å²) in [6.07, 6.45) is 1.92. The van der Waals surface area contributed by atoms with Crippen molar-refractivity contribution in [3.05, 3.63) is 11.4 Å². The highest BCUT2D eigenvalue weighted by molar-refractivity contribution is 5.55. The van der Waals surface area contributed by atoms with Crippen molar-refractivity contribution in [2.24, 2.45) is 11.3 Å². The fraction of sp³-hybridized carbons (Fsp3) is 0.800. The molecule has 0 aromatic rings. The van der Waals surface area contributed by atoms with E-state index in [4.69, 9.17) is 6.57 Å². The van der Waals surface area contributed by atoms with Gasteiger partial charge in [0, 0.05) is 12.5 Å². The molecule has 1 rings (SSSR count). The molecule has 1 heterocycles. The molecular formula is C10H16N2O. The van der Waals surface area contributed by atoms with Gasteiger partial charge in [0.2, 0.25) is 6.54 Å². The summed E-state index contributed by atoms with van der Waals surface area (Å²) in [4.78, 5) is 16.5. The van der Waals surface area contributed by atoms with Gasteiger partial charge in [-0.1, -0.05) is 6.92 Å². The lowest BCUT2D eigenvalue weighted by molar-refractivity contribution is -0.116. The third-order valence-corrected chi connectivity index (χ3v) is 2.95. The fourth-order valence-electron chi connectivity index (χ4n) is 2.10. The first-order valence-corrected chi connectivity index (χ1v) is 4.59. The minimum absolute atomic E-state index is 0.0674. The summed E-state index contributed by atoms with van der Waals surface area (Å²) in [7, 11) is 2.04. The quantitative estimate of drug-likeness (QED) is 0.469. The van der Waals surface area contributed by atoms with Crippen molar-refractivity contribution in [2.45, 2.75) is 13.3 Å². The van der Waals surface area contributed by atoms with Crippen LogP contribution in [0.1, 0.15) is 13.3 Å². The van der Waals surface area contributed by atoms with Crippen molar-refractivity contribution in [1.82, 2.24) is 4.90 Å². The number of hydrogen-bond acceptors (Lipinski definition) is 2. The number of piperidine rings is 1. The zero-order chi connectivity index (χ0) is 9.90. The Hall–Kier alpha value is -0.880. The van der Waals surface area contributed by atoms with E-state index in [1.807, 2.05) is 14.0 Å². The van der Waals surface area contributed by atoms with Gasteiger partial charge in [0.1, 0.15) is 6.29 Å². The van der Waals surface area contributed by atoms with Crippen LogP contribution >= 0.6 is 0 Å². The van der Waals surface area contributed by atoms with Crippen molar-refractivity contribution in [3.63, 3.8) is 0 Å². The molecule has 1 aliphatic heterocycles. The van der Waals surface area contributed by atoms with Gasteiger partial charge in [-0.15, -0.1) is 0 Å². The van der Waals surface area contributed by atoms with Crippen LogP contribution in [0.2, 0.25) is 0 Å². The maximum Gasteiger partial charge on any atom is 0.221 e. The lowest BCUT2D eigenvalue weighted by Crippen LogP contribution is -2.47. The van der Waals surface area contributed by atoms with Crippen LogP contribution in [0.25, 0.3) is 4.85 Å². The highest BCUT2D eigenvalue weighted by Gasteiger charge is 2.41. The third-order valence-electron chi connectivity index (χ3n) is 2.95. The molecule has 2 unspecified atom stereocenters. The molecule has 0 spiro atoms. The summed E-state index contributed by atoms with van der Waals surface area (Å²) in [5.74, 6) is 0.0674. The van der Waals surface area contributed by atoms with E-state index in [0.717, 1.165) is 25.8 Å². The van der Waals surface area contributed by atoms with E-state index in [0.29, 0.717) is 6.54 Å². The lowest BCUT2D eigenvalue weighted by Gasteiger charge is -2.39. The highest BCUT2D eigenvalue weighted by Crippen LogP contribution is 2.33. The molecule has 0 radical (unpaired) electrons. The van der Waals surface area contributed by atoms with Crippen LogP contribution in [-0.4, -0.2) is 37.9 Å². The SMILES string of the molecule is [C-]#[N+]CC1(C)CN(C)CCC1C=O. The molecule has 0 aliphatic carbocycles. The minimum Gasteiger partial charge on any atom is -0.316 e. The van der Waals surface area contributed by atoms with E-state index in [1.165, 1.54) is 0 Å². The highest BCUT2D eigenvalue weighted by atomic mass is 16.1. The predicted molar refractivity (Wildman–Crippen MR) is 51.2 cm³/mol. The number of hydrogen-bond donors (Lipinski definition) is 0. The maximum absolute atomic E-state index is 10.8. The van der Waals surface area contributed by atoms with Crippen LogP contribution in [0.15, 0.2) is 0 Å². The van der Waals surface area contributed by atoms with Crippen LogP contribution in [0, 0.1) is 17.9 Å². The second kappa shape index (κ2) is 3.89. The van der Waals surface area contributed by atoms with E-state index >= 15 is 0 Å². The van der Waals surface area contributed by atoms with Gasteiger partial charge in [-0.05, 0) is 20.0 Å². The van der Waals surface area contributed by atoms with Crippen molar-refractivity contribution < 1.29 is 4.79 Å². The summed E-state index contributed by atoms with van der Waals surface area (Å²) in [6, 6.07) is 0. The molecule has 13 heavy (non-hydrogen) atoms. The van der Waals surface area contributed by atoms with Gasteiger partial charge < -0.3 is 14.5 Å². The number of nitrogens with zero attached hydrogens (tertiary/aromatic N) is 2. The Morgan fingerprint density at radius 1 is 1.77 bits per heavy atom. The summed E-state index contributed by atoms with van der Waals surface area (Å²) in [5.41, 5.74) is -0.128. The summed E-state index contributed by atoms with van der Waals surface area (Å²) < 4.78 is 0. The van der Waals surface area contributed by atoms with E-state index in [9.17, 15) is 4.79 Å². The average molecular weight is 180 g/mol. The zero-order valence-electron chi connectivity index (χ0n) is 8.29. The molecule has 0 bridgehead atoms. The van der Waals surface area contributed by atoms with Crippen LogP contribution in [0.4, 0.5) is 0 Å². The zero-order valence-corrected chi connectivity index (χ0v) is 8.29. The Kier molecular flexibility index (Phi) is 3.05. The number of rotatable bonds is 2. The first kappa shape index (κ1) is 10.2. The molecule has 0 aromatic carbocycles. The number of carbonyl (C=O) groups is 1. The molecule has 1 saturated heterocycles. The summed E-state index contributed by atoms with van der Waals surface area (Å²) in [5, 5.41) is 0. The molecule has 1 fully saturated rings. The molecule has 3 heteroatoms. The van der Waals surface area contributed by atoms with E-state index < -0.39 is 0 Å². The predicted octanol–water partition coefficient (Wildman–Crippen LogP) is 1.06. The smallest absolute Gasteiger partial charge is 0.221 e. The molecule has 0 saturated carbocycles. The van der Waals surface area contributed by atoms with Crippen LogP contribution in [-0.2, 0) is 4.79 Å². The van der Waals surface area contributed by atoms with Crippen LogP contribution in [0.3, 0.4) is 0 Å². The van der Waals surface area contributed by atoms with Crippen molar-refractivity contribution in [3.8, 4) is 0 Å². The van der Waals surface area contributed by atoms with Crippen molar-refractivity contribution in [1.29, 1.82) is 0 Å². The number of likely N-dealkylation sites (tertiary alicyclic amines) is 1. The largest absolute Gasteiger partial charge is 0.316 e. The van der Waals surface area contributed by atoms with Gasteiger partial charge in [-0.2, -0.15) is 0 Å². The molecule has 0 aromatic heterocycles. The molecule has 0 N–H and O–H groups in total. The van der Waals surface area contributed by atoms with E-state index in [-0.39, 0.29) is 11.3 Å². The van der Waals surface area contributed by atoms with Gasteiger partial charge in [0.25, 0.3) is 0 Å². The second-order valence-electron chi connectivity index (χ2n) is 4.24. The number of carbonyl (C=O) groups excluding carboxylic acids is 1. The molecule has 2 atom stereocenters. The Morgan fingerprint density at radius 3 is 3.00 bits per heavy atom. The van der Waals surface area contributed by atoms with E-state index in [2.05, 4.69) is 9.74 Å². The molecule has 3 nitrogen and oxygen atoms in total. The van der Waals surface area contributed by atoms with Crippen molar-refractivity contribution in [2.75, 3.05) is 26.7 Å². The first-order chi connectivity index (χ1) is 6.12. The minimum atomic E-state index is -0.128. The molecule has 72 valence electrons. The maximum atomic E-state index is 10.8. The van der Waals surface area contributed by atoms with Gasteiger partial charge in [-0.3, -0.25) is 0 Å². The van der Waals surface area contributed by atoms with Gasteiger partial charge in [-0.25, -0.2) is 6.57 Å². The van der Waals surface area contributed by atoms with Gasteiger partial charge >= 0.3 is 0 Å². The Bertz CT molecular complexity index is 234. The fourth-order valence-corrected chi connectivity index (χ4v) is 2.10. The molecular weight excluding hydrogens is 164 g/mol. The number of aldehydes is 1. The Morgan fingerprint density at radius 2 is 2.46 bits per heavy atom. The first-order valence-electron chi connectivity index (χ1n) is 4.59. The molecule has 1 aliphatic rings. The second-order valence-corrected chi connectivity index (χ2v) is 4.24. The standard InChI is InChI=1S/C10H16N2O/c1-10(7-11-2)8-12(3)5-4-9(10)6-13/h6,9H,4-5,7-8H2,1,3H3. The summed E-state index contributed by atoms with van der Waals surface area (Å²) in [6.45, 7) is 11.2. The summed E-state index contributed by atoms with van der Waals surface area (Å²) >= 11 is 0. The topological polar surface area (TPSA) is 24.7 Å². The Balaban J connectivity index is 2.75. The third kappa shape index (κ3) is 2.07. The van der Waals surface area contributed by atoms with E-state index in [1.54, 1.807) is 0 Å². The normalized spacial score (nSPS) is 35.3. The monoisotopic (exact) mass is 180 g/mol. The van der Waals surface area contributed by atoms with Gasteiger partial charge in [0.15, 0.2) is 0 Å². The Labute approximate surface area is 79.5 Å². The average Bonchev–Trinajstić information content (AvgIpc) is 2.04. The van der Waals surface area contributed by atoms with Crippen molar-refractivity contribution >= 4 is 6.29 Å². The molecule has 0 amide bonds.